The fraction of sp³-hybridized carbons (Fsp3) is 0.273. The van der Waals surface area contributed by atoms with Gasteiger partial charge in [-0.05, 0) is 62.2 Å². The van der Waals surface area contributed by atoms with Gasteiger partial charge < -0.3 is 14.6 Å². The highest BCUT2D eigenvalue weighted by Crippen LogP contribution is 2.31. The van der Waals surface area contributed by atoms with Crippen LogP contribution in [0.2, 0.25) is 0 Å². The molecule has 4 aromatic rings. The van der Waals surface area contributed by atoms with Gasteiger partial charge >= 0.3 is 0 Å². The summed E-state index contributed by atoms with van der Waals surface area (Å²) in [5, 5.41) is 16.2. The Morgan fingerprint density at radius 1 is 1.26 bits per heavy atom. The van der Waals surface area contributed by atoms with E-state index in [1.54, 1.807) is 4.68 Å². The largest absolute Gasteiger partial charge is 0.376 e. The van der Waals surface area contributed by atoms with Crippen LogP contribution in [0.5, 0.6) is 0 Å². The van der Waals surface area contributed by atoms with E-state index in [1.807, 2.05) is 49.4 Å². The van der Waals surface area contributed by atoms with Crippen molar-refractivity contribution < 1.29 is 14.1 Å². The minimum Gasteiger partial charge on any atom is -0.376 e. The molecule has 1 atom stereocenters. The standard InChI is InChI=1S/C22H20BrN5O3/c1-13-20(22(29)24-12-17-3-2-10-30-17)25-27-28(13)16-8-9-19-18(11-16)21(31-26-19)14-4-6-15(23)7-5-14/h4-9,11,17H,2-3,10,12H2,1H3,(H,24,29)/t17-/m0/s1. The Balaban J connectivity index is 1.43. The van der Waals surface area contributed by atoms with Crippen molar-refractivity contribution in [1.29, 1.82) is 0 Å². The smallest absolute Gasteiger partial charge is 0.273 e. The molecule has 1 aliphatic rings. The van der Waals surface area contributed by atoms with Gasteiger partial charge in [0.25, 0.3) is 5.91 Å². The molecular weight excluding hydrogens is 462 g/mol. The average Bonchev–Trinajstić information content (AvgIpc) is 3.52. The van der Waals surface area contributed by atoms with Crippen LogP contribution in [0.25, 0.3) is 27.9 Å². The van der Waals surface area contributed by atoms with Gasteiger partial charge in [-0.3, -0.25) is 4.79 Å². The SMILES string of the molecule is Cc1c(C(=O)NC[C@@H]2CCCO2)nnn1-c1ccc2noc(-c3ccc(Br)cc3)c2c1. The second-order valence-electron chi connectivity index (χ2n) is 7.50. The van der Waals surface area contributed by atoms with Crippen LogP contribution in [0.4, 0.5) is 0 Å². The maximum Gasteiger partial charge on any atom is 0.273 e. The van der Waals surface area contributed by atoms with Crippen molar-refractivity contribution in [2.45, 2.75) is 25.9 Å². The Morgan fingerprint density at radius 2 is 2.10 bits per heavy atom. The van der Waals surface area contributed by atoms with Gasteiger partial charge in [0.2, 0.25) is 0 Å². The first-order chi connectivity index (χ1) is 15.1. The second-order valence-corrected chi connectivity index (χ2v) is 8.42. The van der Waals surface area contributed by atoms with Crippen LogP contribution in [-0.2, 0) is 4.74 Å². The van der Waals surface area contributed by atoms with E-state index in [-0.39, 0.29) is 12.0 Å². The molecule has 31 heavy (non-hydrogen) atoms. The monoisotopic (exact) mass is 481 g/mol. The lowest BCUT2D eigenvalue weighted by Gasteiger charge is -2.10. The van der Waals surface area contributed by atoms with E-state index in [2.05, 4.69) is 36.7 Å². The lowest BCUT2D eigenvalue weighted by atomic mass is 10.1. The number of nitrogens with zero attached hydrogens (tertiary/aromatic N) is 4. The summed E-state index contributed by atoms with van der Waals surface area (Å²) in [6.07, 6.45) is 2.07. The number of ether oxygens (including phenoxy) is 1. The van der Waals surface area contributed by atoms with Gasteiger partial charge in [0.15, 0.2) is 11.5 Å². The minimum absolute atomic E-state index is 0.0762. The van der Waals surface area contributed by atoms with Crippen LogP contribution >= 0.6 is 15.9 Å². The lowest BCUT2D eigenvalue weighted by Crippen LogP contribution is -2.32. The average molecular weight is 482 g/mol. The van der Waals surface area contributed by atoms with Crippen LogP contribution in [0.3, 0.4) is 0 Å². The van der Waals surface area contributed by atoms with E-state index in [9.17, 15) is 4.79 Å². The number of fused-ring (bicyclic) bond motifs is 1. The number of halogens is 1. The molecule has 0 unspecified atom stereocenters. The second kappa shape index (κ2) is 8.24. The van der Waals surface area contributed by atoms with Crippen molar-refractivity contribution in [3.8, 4) is 17.0 Å². The Kier molecular flexibility index (Phi) is 5.29. The van der Waals surface area contributed by atoms with E-state index in [1.165, 1.54) is 0 Å². The Morgan fingerprint density at radius 3 is 2.87 bits per heavy atom. The van der Waals surface area contributed by atoms with Crippen molar-refractivity contribution in [1.82, 2.24) is 25.5 Å². The molecule has 0 aliphatic carbocycles. The minimum atomic E-state index is -0.249. The van der Waals surface area contributed by atoms with Crippen LogP contribution in [0, 0.1) is 6.92 Å². The molecule has 9 heteroatoms. The van der Waals surface area contributed by atoms with Crippen LogP contribution < -0.4 is 5.32 Å². The van der Waals surface area contributed by atoms with E-state index >= 15 is 0 Å². The number of rotatable bonds is 5. The number of amides is 1. The number of benzene rings is 2. The Labute approximate surface area is 186 Å². The molecule has 0 bridgehead atoms. The van der Waals surface area contributed by atoms with Crippen molar-refractivity contribution in [3.63, 3.8) is 0 Å². The summed E-state index contributed by atoms with van der Waals surface area (Å²) < 4.78 is 13.8. The normalized spacial score (nSPS) is 16.1. The van der Waals surface area contributed by atoms with Crippen molar-refractivity contribution >= 4 is 32.7 Å². The fourth-order valence-corrected chi connectivity index (χ4v) is 4.01. The summed E-state index contributed by atoms with van der Waals surface area (Å²) in [6, 6.07) is 13.5. The van der Waals surface area contributed by atoms with Gasteiger partial charge in [-0.2, -0.15) is 0 Å². The first kappa shape index (κ1) is 19.9. The third-order valence-corrected chi connectivity index (χ3v) is 5.96. The number of hydrogen-bond donors (Lipinski definition) is 1. The van der Waals surface area contributed by atoms with Crippen molar-refractivity contribution in [3.05, 3.63) is 58.3 Å². The molecule has 158 valence electrons. The summed E-state index contributed by atoms with van der Waals surface area (Å²) >= 11 is 3.45. The molecule has 1 N–H and O–H groups in total. The molecule has 1 fully saturated rings. The van der Waals surface area contributed by atoms with Crippen LogP contribution in [0.15, 0.2) is 51.5 Å². The first-order valence-corrected chi connectivity index (χ1v) is 10.9. The molecule has 0 spiro atoms. The molecule has 5 rings (SSSR count). The fourth-order valence-electron chi connectivity index (χ4n) is 3.75. The third-order valence-electron chi connectivity index (χ3n) is 5.43. The van der Waals surface area contributed by atoms with E-state index < -0.39 is 0 Å². The third kappa shape index (κ3) is 3.86. The molecule has 2 aromatic carbocycles. The highest BCUT2D eigenvalue weighted by atomic mass is 79.9. The maximum atomic E-state index is 12.6. The summed E-state index contributed by atoms with van der Waals surface area (Å²) in [5.41, 5.74) is 3.40. The lowest BCUT2D eigenvalue weighted by molar-refractivity contribution is 0.0853. The highest BCUT2D eigenvalue weighted by Gasteiger charge is 2.21. The van der Waals surface area contributed by atoms with Gasteiger partial charge in [-0.15, -0.1) is 5.10 Å². The van der Waals surface area contributed by atoms with Crippen molar-refractivity contribution in [2.24, 2.45) is 0 Å². The summed E-state index contributed by atoms with van der Waals surface area (Å²) in [7, 11) is 0. The van der Waals surface area contributed by atoms with Gasteiger partial charge in [-0.25, -0.2) is 4.68 Å². The topological polar surface area (TPSA) is 95.1 Å². The molecular formula is C22H20BrN5O3. The molecule has 8 nitrogen and oxygen atoms in total. The number of carbonyl (C=O) groups is 1. The van der Waals surface area contributed by atoms with Gasteiger partial charge in [0.1, 0.15) is 5.52 Å². The molecule has 2 aromatic heterocycles. The number of hydrogen-bond acceptors (Lipinski definition) is 6. The molecule has 0 radical (unpaired) electrons. The van der Waals surface area contributed by atoms with Gasteiger partial charge in [0.05, 0.1) is 22.9 Å². The molecule has 3 heterocycles. The zero-order valence-corrected chi connectivity index (χ0v) is 18.4. The predicted octanol–water partition coefficient (Wildman–Crippen LogP) is 4.06. The van der Waals surface area contributed by atoms with E-state index in [0.29, 0.717) is 23.7 Å². The molecule has 0 saturated carbocycles. The summed E-state index contributed by atoms with van der Waals surface area (Å²) in [5.74, 6) is 0.428. The van der Waals surface area contributed by atoms with Gasteiger partial charge in [0, 0.05) is 23.2 Å². The van der Waals surface area contributed by atoms with E-state index in [4.69, 9.17) is 9.26 Å². The molecule has 1 amide bonds. The zero-order valence-electron chi connectivity index (χ0n) is 16.8. The van der Waals surface area contributed by atoms with Gasteiger partial charge in [-0.1, -0.05) is 26.3 Å². The molecule has 1 saturated heterocycles. The quantitative estimate of drug-likeness (QED) is 0.461. The van der Waals surface area contributed by atoms with Crippen LogP contribution in [-0.4, -0.2) is 45.3 Å². The summed E-state index contributed by atoms with van der Waals surface area (Å²) in [4.78, 5) is 12.6. The Hall–Kier alpha value is -3.04. The maximum absolute atomic E-state index is 12.6. The van der Waals surface area contributed by atoms with Crippen LogP contribution in [0.1, 0.15) is 29.0 Å². The Bertz CT molecular complexity index is 1240. The number of nitrogens with one attached hydrogen (secondary N) is 1. The number of carbonyl (C=O) groups excluding carboxylic acids is 1. The highest BCUT2D eigenvalue weighted by molar-refractivity contribution is 9.10. The summed E-state index contributed by atoms with van der Waals surface area (Å²) in [6.45, 7) is 3.06. The molecule has 1 aliphatic heterocycles. The number of aromatic nitrogens is 4. The van der Waals surface area contributed by atoms with Crippen molar-refractivity contribution in [2.75, 3.05) is 13.2 Å². The predicted molar refractivity (Wildman–Crippen MR) is 118 cm³/mol. The zero-order chi connectivity index (χ0) is 21.4. The van der Waals surface area contributed by atoms with E-state index in [0.717, 1.165) is 46.1 Å². The first-order valence-electron chi connectivity index (χ1n) is 10.1.